The smallest absolute Gasteiger partial charge is 0.264 e. The van der Waals surface area contributed by atoms with Crippen LogP contribution in [0.3, 0.4) is 0 Å². The molecule has 2 bridgehead atoms. The minimum absolute atomic E-state index is 0.186. The molecule has 2 fully saturated rings. The van der Waals surface area contributed by atoms with Gasteiger partial charge in [-0.15, -0.1) is 0 Å². The van der Waals surface area contributed by atoms with E-state index in [9.17, 15) is 13.2 Å². The van der Waals surface area contributed by atoms with E-state index in [1.807, 2.05) is 13.0 Å². The fraction of sp³-hybridized carbons (Fsp3) is 0.409. The van der Waals surface area contributed by atoms with Gasteiger partial charge >= 0.3 is 0 Å². The zero-order valence-corrected chi connectivity index (χ0v) is 16.9. The predicted molar refractivity (Wildman–Crippen MR) is 110 cm³/mol. The number of amides is 1. The molecule has 2 aliphatic carbocycles. The standard InChI is InChI=1S/C22H26N2O3S/c1-16-7-11-20(12-8-16)28(26,27)24(19-5-3-2-4-6-19)15-22(25)23-21-14-17-9-10-18(21)13-17/h2-8,11-12,17-18,21H,9-10,13-15H2,1H3,(H,23,25)/t17-,18-,21+/m0/s1. The van der Waals surface area contributed by atoms with Crippen molar-refractivity contribution in [3.8, 4) is 0 Å². The quantitative estimate of drug-likeness (QED) is 0.810. The maximum absolute atomic E-state index is 13.3. The van der Waals surface area contributed by atoms with Gasteiger partial charge in [-0.3, -0.25) is 9.10 Å². The lowest BCUT2D eigenvalue weighted by Crippen LogP contribution is -2.45. The van der Waals surface area contributed by atoms with Crippen LogP contribution < -0.4 is 9.62 Å². The zero-order chi connectivity index (χ0) is 19.7. The van der Waals surface area contributed by atoms with Crippen molar-refractivity contribution < 1.29 is 13.2 Å². The molecule has 6 heteroatoms. The van der Waals surface area contributed by atoms with Crippen LogP contribution in [0.2, 0.25) is 0 Å². The van der Waals surface area contributed by atoms with E-state index in [2.05, 4.69) is 5.32 Å². The van der Waals surface area contributed by atoms with Crippen molar-refractivity contribution in [2.24, 2.45) is 11.8 Å². The molecule has 5 nitrogen and oxygen atoms in total. The highest BCUT2D eigenvalue weighted by Gasteiger charge is 2.40. The molecule has 1 N–H and O–H groups in total. The van der Waals surface area contributed by atoms with Crippen molar-refractivity contribution in [1.82, 2.24) is 5.32 Å². The van der Waals surface area contributed by atoms with Crippen LogP contribution in [0.15, 0.2) is 59.5 Å². The Balaban J connectivity index is 1.57. The van der Waals surface area contributed by atoms with E-state index < -0.39 is 10.0 Å². The Hall–Kier alpha value is -2.34. The Bertz CT molecular complexity index is 942. The van der Waals surface area contributed by atoms with Gasteiger partial charge in [0.05, 0.1) is 10.6 Å². The van der Waals surface area contributed by atoms with Crippen LogP contribution in [0, 0.1) is 18.8 Å². The third-order valence-electron chi connectivity index (χ3n) is 6.02. The molecular formula is C22H26N2O3S. The number of carbonyl (C=O) groups is 1. The van der Waals surface area contributed by atoms with Crippen LogP contribution in [0.1, 0.15) is 31.2 Å². The number of fused-ring (bicyclic) bond motifs is 2. The largest absolute Gasteiger partial charge is 0.352 e. The molecule has 2 saturated carbocycles. The molecule has 0 radical (unpaired) electrons. The lowest BCUT2D eigenvalue weighted by molar-refractivity contribution is -0.120. The molecule has 1 amide bonds. The van der Waals surface area contributed by atoms with E-state index in [-0.39, 0.29) is 23.4 Å². The maximum atomic E-state index is 13.3. The van der Waals surface area contributed by atoms with Gasteiger partial charge in [0.2, 0.25) is 5.91 Å². The number of aryl methyl sites for hydroxylation is 1. The molecule has 0 spiro atoms. The van der Waals surface area contributed by atoms with Gasteiger partial charge in [0.1, 0.15) is 6.54 Å². The second-order valence-corrected chi connectivity index (χ2v) is 9.87. The van der Waals surface area contributed by atoms with Gasteiger partial charge < -0.3 is 5.32 Å². The molecule has 0 heterocycles. The summed E-state index contributed by atoms with van der Waals surface area (Å²) in [5, 5.41) is 3.10. The van der Waals surface area contributed by atoms with Crippen LogP contribution in [0.5, 0.6) is 0 Å². The number of benzene rings is 2. The summed E-state index contributed by atoms with van der Waals surface area (Å²) in [6.45, 7) is 1.70. The van der Waals surface area contributed by atoms with E-state index in [0.717, 1.165) is 17.9 Å². The third kappa shape index (κ3) is 3.78. The number of rotatable bonds is 6. The number of hydrogen-bond donors (Lipinski definition) is 1. The first-order valence-electron chi connectivity index (χ1n) is 9.87. The fourth-order valence-electron chi connectivity index (χ4n) is 4.55. The molecule has 0 saturated heterocycles. The van der Waals surface area contributed by atoms with Crippen molar-refractivity contribution in [2.45, 2.75) is 43.5 Å². The van der Waals surface area contributed by atoms with Gasteiger partial charge in [0, 0.05) is 6.04 Å². The number of anilines is 1. The second-order valence-electron chi connectivity index (χ2n) is 8.01. The van der Waals surface area contributed by atoms with Crippen LogP contribution in [-0.2, 0) is 14.8 Å². The number of sulfonamides is 1. The Kier molecular flexibility index (Phi) is 5.15. The minimum atomic E-state index is -3.84. The molecule has 0 unspecified atom stereocenters. The molecule has 2 aromatic rings. The summed E-state index contributed by atoms with van der Waals surface area (Å²) in [5.41, 5.74) is 1.48. The van der Waals surface area contributed by atoms with Gasteiger partial charge in [0.15, 0.2) is 0 Å². The number of nitrogens with one attached hydrogen (secondary N) is 1. The molecule has 3 atom stereocenters. The lowest BCUT2D eigenvalue weighted by Gasteiger charge is -2.27. The predicted octanol–water partition coefficient (Wildman–Crippen LogP) is 3.50. The van der Waals surface area contributed by atoms with Gasteiger partial charge in [-0.2, -0.15) is 0 Å². The summed E-state index contributed by atoms with van der Waals surface area (Å²) in [4.78, 5) is 13.0. The van der Waals surface area contributed by atoms with E-state index in [1.165, 1.54) is 23.6 Å². The molecule has 0 aromatic heterocycles. The van der Waals surface area contributed by atoms with E-state index in [0.29, 0.717) is 11.6 Å². The van der Waals surface area contributed by atoms with Crippen molar-refractivity contribution in [3.05, 3.63) is 60.2 Å². The fourth-order valence-corrected chi connectivity index (χ4v) is 5.97. The van der Waals surface area contributed by atoms with Crippen LogP contribution in [0.4, 0.5) is 5.69 Å². The summed E-state index contributed by atoms with van der Waals surface area (Å²) >= 11 is 0. The van der Waals surface area contributed by atoms with E-state index >= 15 is 0 Å². The molecule has 0 aliphatic heterocycles. The number of nitrogens with zero attached hydrogens (tertiary/aromatic N) is 1. The van der Waals surface area contributed by atoms with Crippen LogP contribution in [0.25, 0.3) is 0 Å². The number of para-hydroxylation sites is 1. The minimum Gasteiger partial charge on any atom is -0.352 e. The Morgan fingerprint density at radius 3 is 2.36 bits per heavy atom. The lowest BCUT2D eigenvalue weighted by atomic mass is 9.95. The van der Waals surface area contributed by atoms with Crippen LogP contribution in [-0.4, -0.2) is 26.9 Å². The highest BCUT2D eigenvalue weighted by Crippen LogP contribution is 2.44. The van der Waals surface area contributed by atoms with Crippen molar-refractivity contribution in [3.63, 3.8) is 0 Å². The number of carbonyl (C=O) groups excluding carboxylic acids is 1. The highest BCUT2D eigenvalue weighted by atomic mass is 32.2. The molecule has 148 valence electrons. The first kappa shape index (κ1) is 19.0. The SMILES string of the molecule is Cc1ccc(S(=O)(=O)N(CC(=O)N[C@@H]2C[C@H]3CC[C@H]2C3)c2ccccc2)cc1. The number of hydrogen-bond acceptors (Lipinski definition) is 3. The average molecular weight is 399 g/mol. The maximum Gasteiger partial charge on any atom is 0.264 e. The molecule has 28 heavy (non-hydrogen) atoms. The molecular weight excluding hydrogens is 372 g/mol. The van der Waals surface area contributed by atoms with Crippen molar-refractivity contribution >= 4 is 21.6 Å². The Morgan fingerprint density at radius 2 is 1.75 bits per heavy atom. The summed E-state index contributed by atoms with van der Waals surface area (Å²) in [5.74, 6) is 1.03. The summed E-state index contributed by atoms with van der Waals surface area (Å²) in [6.07, 6.45) is 4.64. The third-order valence-corrected chi connectivity index (χ3v) is 7.81. The first-order valence-corrected chi connectivity index (χ1v) is 11.3. The Morgan fingerprint density at radius 1 is 1.04 bits per heavy atom. The topological polar surface area (TPSA) is 66.5 Å². The molecule has 2 aromatic carbocycles. The zero-order valence-electron chi connectivity index (χ0n) is 16.0. The monoisotopic (exact) mass is 398 g/mol. The normalized spacial score (nSPS) is 23.5. The van der Waals surface area contributed by atoms with E-state index in [4.69, 9.17) is 0 Å². The first-order chi connectivity index (χ1) is 13.4. The van der Waals surface area contributed by atoms with Gasteiger partial charge in [0.25, 0.3) is 10.0 Å². The second kappa shape index (κ2) is 7.59. The highest BCUT2D eigenvalue weighted by molar-refractivity contribution is 7.92. The van der Waals surface area contributed by atoms with Gasteiger partial charge in [-0.1, -0.05) is 42.3 Å². The summed E-state index contributed by atoms with van der Waals surface area (Å²) < 4.78 is 27.8. The van der Waals surface area contributed by atoms with Gasteiger partial charge in [-0.25, -0.2) is 8.42 Å². The summed E-state index contributed by atoms with van der Waals surface area (Å²) in [6, 6.07) is 15.7. The van der Waals surface area contributed by atoms with Gasteiger partial charge in [-0.05, 0) is 62.3 Å². The molecule has 4 rings (SSSR count). The van der Waals surface area contributed by atoms with E-state index in [1.54, 1.807) is 48.5 Å². The van der Waals surface area contributed by atoms with Crippen molar-refractivity contribution in [1.29, 1.82) is 0 Å². The summed E-state index contributed by atoms with van der Waals surface area (Å²) in [7, 11) is -3.84. The average Bonchev–Trinajstić information content (AvgIpc) is 3.30. The van der Waals surface area contributed by atoms with Crippen LogP contribution >= 0.6 is 0 Å². The molecule has 2 aliphatic rings. The Labute approximate surface area is 166 Å². The van der Waals surface area contributed by atoms with Crippen molar-refractivity contribution in [2.75, 3.05) is 10.8 Å².